The lowest BCUT2D eigenvalue weighted by Gasteiger charge is -2.41. The first kappa shape index (κ1) is 16.6. The van der Waals surface area contributed by atoms with Crippen molar-refractivity contribution >= 4 is 17.2 Å². The fourth-order valence-electron chi connectivity index (χ4n) is 3.51. The molecule has 23 heavy (non-hydrogen) atoms. The molecule has 0 bridgehead atoms. The van der Waals surface area contributed by atoms with Crippen LogP contribution in [0.5, 0.6) is 0 Å². The number of likely N-dealkylation sites (tertiary alicyclic amines) is 1. The lowest BCUT2D eigenvalue weighted by Crippen LogP contribution is -2.50. The van der Waals surface area contributed by atoms with Gasteiger partial charge in [-0.05, 0) is 32.4 Å². The quantitative estimate of drug-likeness (QED) is 0.774. The Balaban J connectivity index is 1.62. The molecule has 3 heterocycles. The van der Waals surface area contributed by atoms with Crippen LogP contribution in [0.1, 0.15) is 25.0 Å². The molecule has 1 saturated heterocycles. The van der Waals surface area contributed by atoms with E-state index in [1.54, 1.807) is 18.4 Å². The SMILES string of the molecule is COCCN1CC=CCC2(CCN(Cc3cscn3)CC2)C1=O. The first-order chi connectivity index (χ1) is 11.2. The fraction of sp³-hybridized carbons (Fsp3) is 0.647. The number of nitrogens with zero attached hydrogens (tertiary/aromatic N) is 3. The van der Waals surface area contributed by atoms with Crippen molar-refractivity contribution in [1.29, 1.82) is 0 Å². The predicted octanol–water partition coefficient (Wildman–Crippen LogP) is 2.16. The van der Waals surface area contributed by atoms with Crippen molar-refractivity contribution in [3.05, 3.63) is 28.7 Å². The van der Waals surface area contributed by atoms with Crippen LogP contribution in [0, 0.1) is 5.41 Å². The van der Waals surface area contributed by atoms with E-state index in [1.165, 1.54) is 0 Å². The van der Waals surface area contributed by atoms with Crippen molar-refractivity contribution in [3.63, 3.8) is 0 Å². The Hall–Kier alpha value is -1.24. The van der Waals surface area contributed by atoms with Crippen LogP contribution in [0.4, 0.5) is 0 Å². The van der Waals surface area contributed by atoms with Crippen molar-refractivity contribution < 1.29 is 9.53 Å². The summed E-state index contributed by atoms with van der Waals surface area (Å²) in [7, 11) is 1.69. The van der Waals surface area contributed by atoms with Gasteiger partial charge in [0.2, 0.25) is 5.91 Å². The van der Waals surface area contributed by atoms with Crippen molar-refractivity contribution in [1.82, 2.24) is 14.8 Å². The lowest BCUT2D eigenvalue weighted by atomic mass is 9.74. The topological polar surface area (TPSA) is 45.7 Å². The van der Waals surface area contributed by atoms with Gasteiger partial charge in [0.15, 0.2) is 0 Å². The van der Waals surface area contributed by atoms with Crippen molar-refractivity contribution in [2.24, 2.45) is 5.41 Å². The van der Waals surface area contributed by atoms with Gasteiger partial charge in [-0.25, -0.2) is 4.98 Å². The number of hydrogen-bond donors (Lipinski definition) is 0. The molecule has 0 saturated carbocycles. The number of carbonyl (C=O) groups excluding carboxylic acids is 1. The third-order valence-corrected chi connectivity index (χ3v) is 5.62. The zero-order valence-corrected chi connectivity index (χ0v) is 14.6. The maximum atomic E-state index is 13.1. The monoisotopic (exact) mass is 335 g/mol. The van der Waals surface area contributed by atoms with Crippen LogP contribution >= 0.6 is 11.3 Å². The highest BCUT2D eigenvalue weighted by Gasteiger charge is 2.43. The Morgan fingerprint density at radius 1 is 1.35 bits per heavy atom. The minimum Gasteiger partial charge on any atom is -0.383 e. The van der Waals surface area contributed by atoms with Gasteiger partial charge >= 0.3 is 0 Å². The van der Waals surface area contributed by atoms with Crippen LogP contribution in [0.3, 0.4) is 0 Å². The number of hydrogen-bond acceptors (Lipinski definition) is 5. The summed E-state index contributed by atoms with van der Waals surface area (Å²) in [5.41, 5.74) is 2.81. The Morgan fingerprint density at radius 3 is 2.87 bits per heavy atom. The molecule has 2 aliphatic heterocycles. The average Bonchev–Trinajstić information content (AvgIpc) is 3.03. The summed E-state index contributed by atoms with van der Waals surface area (Å²) < 4.78 is 5.15. The van der Waals surface area contributed by atoms with Crippen LogP contribution < -0.4 is 0 Å². The molecule has 3 rings (SSSR count). The number of ether oxygens (including phenoxy) is 1. The number of rotatable bonds is 5. The highest BCUT2D eigenvalue weighted by atomic mass is 32.1. The molecule has 1 aromatic rings. The summed E-state index contributed by atoms with van der Waals surface area (Å²) in [4.78, 5) is 21.8. The minimum absolute atomic E-state index is 0.209. The van der Waals surface area contributed by atoms with Gasteiger partial charge in [0, 0.05) is 32.1 Å². The molecule has 0 aliphatic carbocycles. The van der Waals surface area contributed by atoms with Gasteiger partial charge in [0.05, 0.1) is 23.2 Å². The second kappa shape index (κ2) is 7.55. The summed E-state index contributed by atoms with van der Waals surface area (Å²) in [5, 5.41) is 2.11. The number of piperidine rings is 1. The largest absolute Gasteiger partial charge is 0.383 e. The second-order valence-electron chi connectivity index (χ2n) is 6.46. The third kappa shape index (κ3) is 3.82. The zero-order chi connectivity index (χ0) is 16.1. The molecule has 0 aromatic carbocycles. The molecule has 126 valence electrons. The number of allylic oxidation sites excluding steroid dienone is 1. The molecule has 1 fully saturated rings. The van der Waals surface area contributed by atoms with Crippen LogP contribution in [0.2, 0.25) is 0 Å². The molecule has 5 nitrogen and oxygen atoms in total. The zero-order valence-electron chi connectivity index (χ0n) is 13.7. The van der Waals surface area contributed by atoms with Gasteiger partial charge in [-0.15, -0.1) is 11.3 Å². The van der Waals surface area contributed by atoms with E-state index < -0.39 is 0 Å². The van der Waals surface area contributed by atoms with Crippen molar-refractivity contribution in [2.45, 2.75) is 25.8 Å². The molecule has 0 N–H and O–H groups in total. The van der Waals surface area contributed by atoms with E-state index in [0.29, 0.717) is 25.6 Å². The highest BCUT2D eigenvalue weighted by molar-refractivity contribution is 7.07. The maximum absolute atomic E-state index is 13.1. The van der Waals surface area contributed by atoms with Crippen molar-refractivity contribution in [2.75, 3.05) is 39.9 Å². The Morgan fingerprint density at radius 2 is 2.17 bits per heavy atom. The first-order valence-electron chi connectivity index (χ1n) is 8.26. The van der Waals surface area contributed by atoms with Crippen LogP contribution in [-0.2, 0) is 16.1 Å². The summed E-state index contributed by atoms with van der Waals surface area (Å²) in [6, 6.07) is 0. The van der Waals surface area contributed by atoms with Gasteiger partial charge in [-0.1, -0.05) is 12.2 Å². The molecular formula is C17H25N3O2S. The maximum Gasteiger partial charge on any atom is 0.229 e. The average molecular weight is 335 g/mol. The minimum atomic E-state index is -0.209. The number of methoxy groups -OCH3 is 1. The number of amides is 1. The normalized spacial score (nSPS) is 21.8. The standard InChI is InChI=1S/C17H25N3O2S/c1-22-11-10-20-7-3-2-4-17(16(20)21)5-8-19(9-6-17)12-15-13-23-14-18-15/h2-3,13-14H,4-12H2,1H3. The van der Waals surface area contributed by atoms with Gasteiger partial charge in [0.25, 0.3) is 0 Å². The summed E-state index contributed by atoms with van der Waals surface area (Å²) in [6.45, 7) is 4.84. The fourth-order valence-corrected chi connectivity index (χ4v) is 4.06. The van der Waals surface area contributed by atoms with Gasteiger partial charge in [0.1, 0.15) is 0 Å². The molecule has 1 spiro atoms. The summed E-state index contributed by atoms with van der Waals surface area (Å²) in [6.07, 6.45) is 7.07. The Bertz CT molecular complexity index is 536. The third-order valence-electron chi connectivity index (χ3n) is 4.99. The van der Waals surface area contributed by atoms with Gasteiger partial charge < -0.3 is 9.64 Å². The van der Waals surface area contributed by atoms with Crippen LogP contribution in [0.15, 0.2) is 23.0 Å². The summed E-state index contributed by atoms with van der Waals surface area (Å²) in [5.74, 6) is 0.313. The highest BCUT2D eigenvalue weighted by Crippen LogP contribution is 2.39. The summed E-state index contributed by atoms with van der Waals surface area (Å²) >= 11 is 1.64. The van der Waals surface area contributed by atoms with E-state index in [2.05, 4.69) is 27.4 Å². The van der Waals surface area contributed by atoms with Gasteiger partial charge in [-0.2, -0.15) is 0 Å². The molecule has 0 radical (unpaired) electrons. The molecule has 0 atom stereocenters. The molecular weight excluding hydrogens is 310 g/mol. The Kier molecular flexibility index (Phi) is 5.46. The molecule has 0 unspecified atom stereocenters. The molecule has 6 heteroatoms. The molecule has 1 aromatic heterocycles. The number of thiazole rings is 1. The number of carbonyl (C=O) groups is 1. The van der Waals surface area contributed by atoms with E-state index >= 15 is 0 Å². The van der Waals surface area contributed by atoms with Crippen LogP contribution in [-0.4, -0.2) is 60.6 Å². The Labute approximate surface area is 141 Å². The van der Waals surface area contributed by atoms with E-state index in [-0.39, 0.29) is 5.41 Å². The van der Waals surface area contributed by atoms with E-state index in [4.69, 9.17) is 4.74 Å². The van der Waals surface area contributed by atoms with Gasteiger partial charge in [-0.3, -0.25) is 9.69 Å². The van der Waals surface area contributed by atoms with E-state index in [1.807, 2.05) is 10.4 Å². The van der Waals surface area contributed by atoms with E-state index in [9.17, 15) is 4.79 Å². The number of aromatic nitrogens is 1. The van der Waals surface area contributed by atoms with Crippen LogP contribution in [0.25, 0.3) is 0 Å². The molecule has 1 amide bonds. The van der Waals surface area contributed by atoms with E-state index in [0.717, 1.165) is 44.6 Å². The predicted molar refractivity (Wildman–Crippen MR) is 91.3 cm³/mol. The molecule has 2 aliphatic rings. The van der Waals surface area contributed by atoms with Crippen molar-refractivity contribution in [3.8, 4) is 0 Å². The lowest BCUT2D eigenvalue weighted by molar-refractivity contribution is -0.144. The first-order valence-corrected chi connectivity index (χ1v) is 9.20. The smallest absolute Gasteiger partial charge is 0.229 e. The second-order valence-corrected chi connectivity index (χ2v) is 7.17.